The molecule has 0 saturated carbocycles. The van der Waals surface area contributed by atoms with Crippen LogP contribution in [-0.2, 0) is 17.5 Å². The van der Waals surface area contributed by atoms with Crippen LogP contribution in [0.3, 0.4) is 0 Å². The van der Waals surface area contributed by atoms with E-state index in [4.69, 9.17) is 0 Å². The summed E-state index contributed by atoms with van der Waals surface area (Å²) in [5.41, 5.74) is -0.793. The molecular weight excluding hydrogens is 321 g/mol. The molecule has 0 unspecified atom stereocenters. The first-order valence-corrected chi connectivity index (χ1v) is 7.33. The molecule has 2 rings (SSSR count). The predicted molar refractivity (Wildman–Crippen MR) is 81.7 cm³/mol. The van der Waals surface area contributed by atoms with E-state index in [-0.39, 0.29) is 17.0 Å². The van der Waals surface area contributed by atoms with Crippen molar-refractivity contribution in [1.82, 2.24) is 14.9 Å². The number of carbonyl (C=O) groups is 1. The van der Waals surface area contributed by atoms with Crippen LogP contribution in [-0.4, -0.2) is 21.0 Å². The van der Waals surface area contributed by atoms with Gasteiger partial charge in [0, 0.05) is 0 Å². The molecule has 128 valence electrons. The zero-order chi connectivity index (χ0) is 18.1. The summed E-state index contributed by atoms with van der Waals surface area (Å²) in [6.45, 7) is 4.46. The Morgan fingerprint density at radius 2 is 2.00 bits per heavy atom. The van der Waals surface area contributed by atoms with Gasteiger partial charge in [-0.25, -0.2) is 4.98 Å². The largest absolute Gasteiger partial charge is 0.449 e. The van der Waals surface area contributed by atoms with Gasteiger partial charge in [0.25, 0.3) is 0 Å². The van der Waals surface area contributed by atoms with E-state index in [1.54, 1.807) is 26.0 Å². The molecule has 0 fully saturated rings. The van der Waals surface area contributed by atoms with Crippen molar-refractivity contribution in [2.24, 2.45) is 5.92 Å². The van der Waals surface area contributed by atoms with Crippen LogP contribution in [0.2, 0.25) is 0 Å². The topological polar surface area (TPSA) is 70.7 Å². The minimum absolute atomic E-state index is 0.157. The fraction of sp³-hybridized carbons (Fsp3) is 0.438. The van der Waals surface area contributed by atoms with E-state index < -0.39 is 30.0 Å². The lowest BCUT2D eigenvalue weighted by Gasteiger charge is -2.27. The molecule has 0 radical (unpaired) electrons. The second-order valence-electron chi connectivity index (χ2n) is 6.03. The molecule has 1 atom stereocenters. The molecule has 1 amide bonds. The molecule has 5 nitrogen and oxygen atoms in total. The number of imidazole rings is 1. The number of hydrogen-bond donors (Lipinski definition) is 1. The maximum Gasteiger partial charge on any atom is 0.449 e. The zero-order valence-corrected chi connectivity index (χ0v) is 13.5. The van der Waals surface area contributed by atoms with Crippen molar-refractivity contribution in [3.63, 3.8) is 0 Å². The van der Waals surface area contributed by atoms with Crippen molar-refractivity contribution < 1.29 is 18.0 Å². The number of nitrogens with one attached hydrogen (secondary N) is 1. The molecule has 0 saturated heterocycles. The highest BCUT2D eigenvalue weighted by Gasteiger charge is 2.38. The van der Waals surface area contributed by atoms with E-state index in [1.165, 1.54) is 19.1 Å². The van der Waals surface area contributed by atoms with Crippen LogP contribution in [0.15, 0.2) is 24.3 Å². The summed E-state index contributed by atoms with van der Waals surface area (Å²) in [7, 11) is 0. The lowest BCUT2D eigenvalue weighted by atomic mass is 9.90. The average Bonchev–Trinajstić information content (AvgIpc) is 2.86. The first-order chi connectivity index (χ1) is 11.1. The van der Waals surface area contributed by atoms with Gasteiger partial charge in [-0.15, -0.1) is 0 Å². The van der Waals surface area contributed by atoms with Gasteiger partial charge in [-0.05, 0) is 25.0 Å². The summed E-state index contributed by atoms with van der Waals surface area (Å²) in [5.74, 6) is -2.02. The maximum absolute atomic E-state index is 13.2. The molecule has 2 aromatic rings. The van der Waals surface area contributed by atoms with Gasteiger partial charge in [0.05, 0.1) is 17.1 Å². The predicted octanol–water partition coefficient (Wildman–Crippen LogP) is 3.11. The molecule has 0 aliphatic carbocycles. The minimum Gasteiger partial charge on any atom is -0.336 e. The van der Waals surface area contributed by atoms with E-state index in [9.17, 15) is 23.2 Å². The molecule has 0 aliphatic heterocycles. The highest BCUT2D eigenvalue weighted by atomic mass is 19.4. The number of halogens is 3. The molecule has 8 heteroatoms. The van der Waals surface area contributed by atoms with Gasteiger partial charge in [0.15, 0.2) is 0 Å². The highest BCUT2D eigenvalue weighted by Crippen LogP contribution is 2.31. The van der Waals surface area contributed by atoms with Crippen LogP contribution < -0.4 is 5.32 Å². The van der Waals surface area contributed by atoms with Gasteiger partial charge >= 0.3 is 6.18 Å². The number of nitriles is 1. The van der Waals surface area contributed by atoms with Gasteiger partial charge in [0.2, 0.25) is 11.7 Å². The zero-order valence-electron chi connectivity index (χ0n) is 13.5. The summed E-state index contributed by atoms with van der Waals surface area (Å²) < 4.78 is 40.4. The number of amides is 1. The third-order valence-electron chi connectivity index (χ3n) is 4.00. The van der Waals surface area contributed by atoms with Gasteiger partial charge in [-0.3, -0.25) is 4.79 Å². The first-order valence-electron chi connectivity index (χ1n) is 7.33. The lowest BCUT2D eigenvalue weighted by Crippen LogP contribution is -2.50. The molecule has 1 heterocycles. The third kappa shape index (κ3) is 3.35. The summed E-state index contributed by atoms with van der Waals surface area (Å²) in [6.07, 6.45) is -4.68. The Morgan fingerprint density at radius 3 is 2.54 bits per heavy atom. The molecule has 24 heavy (non-hydrogen) atoms. The molecule has 1 aromatic heterocycles. The van der Waals surface area contributed by atoms with Crippen LogP contribution in [0, 0.1) is 17.2 Å². The Balaban J connectivity index is 2.39. The van der Waals surface area contributed by atoms with E-state index in [0.717, 1.165) is 4.57 Å². The maximum atomic E-state index is 13.2. The number of carbonyl (C=O) groups excluding carboxylic acids is 1. The van der Waals surface area contributed by atoms with Crippen molar-refractivity contribution in [2.45, 2.75) is 39.0 Å². The Hall–Kier alpha value is -2.56. The SMILES string of the molecule is CC(C)[C@@](C)(C#N)NC(=O)Cn1c(C(F)(F)F)nc2ccccc21. The van der Waals surface area contributed by atoms with E-state index in [2.05, 4.69) is 10.3 Å². The molecule has 0 spiro atoms. The van der Waals surface area contributed by atoms with Gasteiger partial charge in [0.1, 0.15) is 12.1 Å². The normalized spacial score (nSPS) is 14.4. The second-order valence-corrected chi connectivity index (χ2v) is 6.03. The van der Waals surface area contributed by atoms with Gasteiger partial charge in [-0.1, -0.05) is 26.0 Å². The number of alkyl halides is 3. The van der Waals surface area contributed by atoms with Gasteiger partial charge in [-0.2, -0.15) is 18.4 Å². The van der Waals surface area contributed by atoms with E-state index in [0.29, 0.717) is 0 Å². The van der Waals surface area contributed by atoms with Crippen LogP contribution in [0.5, 0.6) is 0 Å². The van der Waals surface area contributed by atoms with E-state index in [1.807, 2.05) is 6.07 Å². The monoisotopic (exact) mass is 338 g/mol. The number of fused-ring (bicyclic) bond motifs is 1. The van der Waals surface area contributed by atoms with E-state index >= 15 is 0 Å². The number of rotatable bonds is 4. The second kappa shape index (κ2) is 6.15. The number of benzene rings is 1. The lowest BCUT2D eigenvalue weighted by molar-refractivity contribution is -0.147. The standard InChI is InChI=1S/C16H17F3N4O/c1-10(2)15(3,9-20)22-13(24)8-23-12-7-5-4-6-11(12)21-14(23)16(17,18)19/h4-7,10H,8H2,1-3H3,(H,22,24)/t15-/m1/s1. The van der Waals surface area contributed by atoms with Crippen molar-refractivity contribution in [1.29, 1.82) is 5.26 Å². The third-order valence-corrected chi connectivity index (χ3v) is 4.00. The summed E-state index contributed by atoms with van der Waals surface area (Å²) in [4.78, 5) is 15.8. The van der Waals surface area contributed by atoms with Crippen LogP contribution in [0.25, 0.3) is 11.0 Å². The Kier molecular flexibility index (Phi) is 4.56. The summed E-state index contributed by atoms with van der Waals surface area (Å²) in [6, 6.07) is 8.06. The fourth-order valence-electron chi connectivity index (χ4n) is 2.23. The number of nitrogens with zero attached hydrogens (tertiary/aromatic N) is 3. The van der Waals surface area contributed by atoms with Crippen LogP contribution in [0.4, 0.5) is 13.2 Å². The van der Waals surface area contributed by atoms with Crippen molar-refractivity contribution in [3.8, 4) is 6.07 Å². The summed E-state index contributed by atoms with van der Waals surface area (Å²) >= 11 is 0. The first kappa shape index (κ1) is 17.8. The molecule has 0 aliphatic rings. The fourth-order valence-corrected chi connectivity index (χ4v) is 2.23. The van der Waals surface area contributed by atoms with Crippen LogP contribution >= 0.6 is 0 Å². The molecular formula is C16H17F3N4O. The highest BCUT2D eigenvalue weighted by molar-refractivity contribution is 5.81. The number of aromatic nitrogens is 2. The number of para-hydroxylation sites is 2. The Labute approximate surface area is 137 Å². The van der Waals surface area contributed by atoms with Crippen molar-refractivity contribution in [3.05, 3.63) is 30.1 Å². The van der Waals surface area contributed by atoms with Crippen molar-refractivity contribution in [2.75, 3.05) is 0 Å². The molecule has 0 bridgehead atoms. The minimum atomic E-state index is -4.68. The Morgan fingerprint density at radius 1 is 1.38 bits per heavy atom. The average molecular weight is 338 g/mol. The Bertz CT molecular complexity index is 804. The smallest absolute Gasteiger partial charge is 0.336 e. The molecule has 1 aromatic carbocycles. The summed E-state index contributed by atoms with van der Waals surface area (Å²) in [5, 5.41) is 11.7. The van der Waals surface area contributed by atoms with Gasteiger partial charge < -0.3 is 9.88 Å². The van der Waals surface area contributed by atoms with Crippen LogP contribution in [0.1, 0.15) is 26.6 Å². The van der Waals surface area contributed by atoms with Crippen molar-refractivity contribution >= 4 is 16.9 Å². The number of hydrogen-bond acceptors (Lipinski definition) is 3. The molecule has 1 N–H and O–H groups in total. The quantitative estimate of drug-likeness (QED) is 0.931.